The molecule has 2 heterocycles. The minimum Gasteiger partial charge on any atom is -0.360 e. The Morgan fingerprint density at radius 2 is 2.16 bits per heavy atom. The molecule has 0 saturated carbocycles. The van der Waals surface area contributed by atoms with Gasteiger partial charge in [0.15, 0.2) is 5.76 Å². The lowest BCUT2D eigenvalue weighted by Crippen LogP contribution is -2.27. The lowest BCUT2D eigenvalue weighted by atomic mass is 10.3. The molecule has 104 valence electrons. The molecule has 0 amide bonds. The zero-order chi connectivity index (χ0) is 14.2. The lowest BCUT2D eigenvalue weighted by Gasteiger charge is -2.16. The molecule has 8 heteroatoms. The van der Waals surface area contributed by atoms with Gasteiger partial charge in [0.05, 0.1) is 3.79 Å². The van der Waals surface area contributed by atoms with Crippen LogP contribution in [0.5, 0.6) is 0 Å². The van der Waals surface area contributed by atoms with E-state index in [0.717, 1.165) is 9.35 Å². The molecule has 0 fully saturated rings. The van der Waals surface area contributed by atoms with Gasteiger partial charge in [0.1, 0.15) is 10.6 Å². The van der Waals surface area contributed by atoms with E-state index in [1.807, 2.05) is 11.4 Å². The molecule has 2 rings (SSSR count). The van der Waals surface area contributed by atoms with Crippen LogP contribution in [0, 0.1) is 13.8 Å². The number of thiophene rings is 1. The highest BCUT2D eigenvalue weighted by Crippen LogP contribution is 2.26. The highest BCUT2D eigenvalue weighted by molar-refractivity contribution is 9.11. The van der Waals surface area contributed by atoms with E-state index in [4.69, 9.17) is 4.52 Å². The van der Waals surface area contributed by atoms with Crippen molar-refractivity contribution in [2.45, 2.75) is 25.3 Å². The first-order valence-corrected chi connectivity index (χ1v) is 8.55. The van der Waals surface area contributed by atoms with Crippen LogP contribution in [0.3, 0.4) is 0 Å². The summed E-state index contributed by atoms with van der Waals surface area (Å²) in [7, 11) is -2.03. The first-order valence-electron chi connectivity index (χ1n) is 5.44. The summed E-state index contributed by atoms with van der Waals surface area (Å²) < 4.78 is 32.1. The molecular weight excluding hydrogens is 352 g/mol. The van der Waals surface area contributed by atoms with Crippen LogP contribution >= 0.6 is 27.3 Å². The number of aromatic nitrogens is 1. The van der Waals surface area contributed by atoms with Gasteiger partial charge < -0.3 is 4.52 Å². The third-order valence-electron chi connectivity index (χ3n) is 2.66. The van der Waals surface area contributed by atoms with Crippen LogP contribution in [0.1, 0.15) is 17.0 Å². The number of hydrogen-bond acceptors (Lipinski definition) is 5. The number of hydrogen-bond donors (Lipinski definition) is 0. The molecule has 5 nitrogen and oxygen atoms in total. The first-order chi connectivity index (χ1) is 8.82. The zero-order valence-electron chi connectivity index (χ0n) is 10.7. The van der Waals surface area contributed by atoms with Crippen molar-refractivity contribution in [2.24, 2.45) is 0 Å². The molecular formula is C11H13BrN2O3S2. The predicted octanol–water partition coefficient (Wildman–Crippen LogP) is 2.94. The van der Waals surface area contributed by atoms with E-state index in [2.05, 4.69) is 21.1 Å². The van der Waals surface area contributed by atoms with Gasteiger partial charge in [-0.05, 0) is 46.8 Å². The summed E-state index contributed by atoms with van der Waals surface area (Å²) in [5.41, 5.74) is 1.32. The molecule has 0 aliphatic rings. The predicted molar refractivity (Wildman–Crippen MR) is 76.6 cm³/mol. The van der Waals surface area contributed by atoms with Gasteiger partial charge in [0, 0.05) is 13.6 Å². The molecule has 0 aliphatic heterocycles. The molecule has 0 aliphatic carbocycles. The Balaban J connectivity index is 2.30. The quantitative estimate of drug-likeness (QED) is 0.836. The largest absolute Gasteiger partial charge is 0.360 e. The standard InChI is InChI=1S/C11H13BrN2O3S2/c1-7-11(8(2)17-13-7)19(15,16)14(3)5-9-4-10(12)18-6-9/h4,6H,5H2,1-3H3. The minimum absolute atomic E-state index is 0.157. The Morgan fingerprint density at radius 3 is 2.63 bits per heavy atom. The van der Waals surface area contributed by atoms with Crippen molar-refractivity contribution in [3.05, 3.63) is 32.3 Å². The van der Waals surface area contributed by atoms with E-state index in [1.165, 1.54) is 15.6 Å². The van der Waals surface area contributed by atoms with Gasteiger partial charge in [-0.25, -0.2) is 8.42 Å². The molecule has 2 aromatic rings. The van der Waals surface area contributed by atoms with Crippen LogP contribution in [0.4, 0.5) is 0 Å². The molecule has 0 saturated heterocycles. The van der Waals surface area contributed by atoms with E-state index in [0.29, 0.717) is 18.0 Å². The summed E-state index contributed by atoms with van der Waals surface area (Å²) in [4.78, 5) is 0.157. The second-order valence-electron chi connectivity index (χ2n) is 4.17. The Morgan fingerprint density at radius 1 is 1.47 bits per heavy atom. The van der Waals surface area contributed by atoms with Crippen molar-refractivity contribution in [3.8, 4) is 0 Å². The van der Waals surface area contributed by atoms with Crippen LogP contribution in [0.2, 0.25) is 0 Å². The maximum atomic E-state index is 12.5. The average molecular weight is 365 g/mol. The smallest absolute Gasteiger partial charge is 0.248 e. The van der Waals surface area contributed by atoms with Crippen molar-refractivity contribution < 1.29 is 12.9 Å². The van der Waals surface area contributed by atoms with Crippen LogP contribution < -0.4 is 0 Å². The van der Waals surface area contributed by atoms with Gasteiger partial charge in [-0.3, -0.25) is 0 Å². The number of sulfonamides is 1. The maximum Gasteiger partial charge on any atom is 0.248 e. The van der Waals surface area contributed by atoms with Crippen molar-refractivity contribution in [2.75, 3.05) is 7.05 Å². The summed E-state index contributed by atoms with van der Waals surface area (Å²) in [6.07, 6.45) is 0. The Labute approximate surface area is 124 Å². The molecule has 0 atom stereocenters. The SMILES string of the molecule is Cc1noc(C)c1S(=O)(=O)N(C)Cc1csc(Br)c1. The van der Waals surface area contributed by atoms with Crippen LogP contribution in [0.15, 0.2) is 24.7 Å². The van der Waals surface area contributed by atoms with Crippen molar-refractivity contribution in [3.63, 3.8) is 0 Å². The molecule has 0 N–H and O–H groups in total. The second-order valence-corrected chi connectivity index (χ2v) is 8.45. The monoisotopic (exact) mass is 364 g/mol. The fourth-order valence-electron chi connectivity index (χ4n) is 1.77. The molecule has 0 radical (unpaired) electrons. The highest BCUT2D eigenvalue weighted by Gasteiger charge is 2.28. The Bertz CT molecular complexity index is 671. The molecule has 19 heavy (non-hydrogen) atoms. The lowest BCUT2D eigenvalue weighted by molar-refractivity contribution is 0.389. The molecule has 2 aromatic heterocycles. The van der Waals surface area contributed by atoms with E-state index in [1.54, 1.807) is 20.9 Å². The second kappa shape index (κ2) is 5.35. The molecule has 0 aromatic carbocycles. The topological polar surface area (TPSA) is 63.4 Å². The Kier molecular flexibility index (Phi) is 4.14. The Hall–Kier alpha value is -0.700. The fraction of sp³-hybridized carbons (Fsp3) is 0.364. The molecule has 0 unspecified atom stereocenters. The summed E-state index contributed by atoms with van der Waals surface area (Å²) in [5.74, 6) is 0.316. The fourth-order valence-corrected chi connectivity index (χ4v) is 4.41. The van der Waals surface area contributed by atoms with Crippen molar-refractivity contribution in [1.82, 2.24) is 9.46 Å². The van der Waals surface area contributed by atoms with Crippen LogP contribution in [-0.2, 0) is 16.6 Å². The molecule has 0 spiro atoms. The molecule has 0 bridgehead atoms. The highest BCUT2D eigenvalue weighted by atomic mass is 79.9. The van der Waals surface area contributed by atoms with Gasteiger partial charge in [-0.15, -0.1) is 11.3 Å². The summed E-state index contributed by atoms with van der Waals surface area (Å²) in [6.45, 7) is 3.54. The van der Waals surface area contributed by atoms with E-state index < -0.39 is 10.0 Å². The van der Waals surface area contributed by atoms with Crippen molar-refractivity contribution >= 4 is 37.3 Å². The van der Waals surface area contributed by atoms with Gasteiger partial charge in [-0.2, -0.15) is 4.31 Å². The normalized spacial score (nSPS) is 12.3. The van der Waals surface area contributed by atoms with Gasteiger partial charge in [0.25, 0.3) is 0 Å². The van der Waals surface area contributed by atoms with Crippen LogP contribution in [0.25, 0.3) is 0 Å². The van der Waals surface area contributed by atoms with Crippen LogP contribution in [-0.4, -0.2) is 24.9 Å². The average Bonchev–Trinajstić information content (AvgIpc) is 2.85. The summed E-state index contributed by atoms with van der Waals surface area (Å²) in [5, 5.41) is 5.61. The third-order valence-corrected chi connectivity index (χ3v) is 6.26. The van der Waals surface area contributed by atoms with E-state index in [-0.39, 0.29) is 4.90 Å². The van der Waals surface area contributed by atoms with Gasteiger partial charge in [0.2, 0.25) is 10.0 Å². The summed E-state index contributed by atoms with van der Waals surface area (Å²) >= 11 is 4.89. The van der Waals surface area contributed by atoms with Gasteiger partial charge in [-0.1, -0.05) is 5.16 Å². The minimum atomic E-state index is -3.58. The zero-order valence-corrected chi connectivity index (χ0v) is 13.9. The number of rotatable bonds is 4. The third kappa shape index (κ3) is 2.91. The maximum absolute atomic E-state index is 12.5. The number of aryl methyl sites for hydroxylation is 2. The number of halogens is 1. The summed E-state index contributed by atoms with van der Waals surface area (Å²) in [6, 6.07) is 1.91. The van der Waals surface area contributed by atoms with E-state index >= 15 is 0 Å². The van der Waals surface area contributed by atoms with Gasteiger partial charge >= 0.3 is 0 Å². The van der Waals surface area contributed by atoms with Crippen molar-refractivity contribution in [1.29, 1.82) is 0 Å². The number of nitrogens with zero attached hydrogens (tertiary/aromatic N) is 2. The first kappa shape index (κ1) is 14.7. The van der Waals surface area contributed by atoms with E-state index in [9.17, 15) is 8.42 Å².